The van der Waals surface area contributed by atoms with E-state index >= 15 is 0 Å². The van der Waals surface area contributed by atoms with Gasteiger partial charge >= 0.3 is 0 Å². The maximum Gasteiger partial charge on any atom is 0.284 e. The first-order chi connectivity index (χ1) is 11.9. The Bertz CT molecular complexity index is 912. The lowest BCUT2D eigenvalue weighted by molar-refractivity contribution is -0.388. The molecule has 1 fully saturated rings. The fourth-order valence-corrected chi connectivity index (χ4v) is 5.07. The number of nitro groups is 1. The molecule has 1 aliphatic rings. The Balaban J connectivity index is 1.99. The molecule has 132 valence electrons. The monoisotopic (exact) mass is 382 g/mol. The summed E-state index contributed by atoms with van der Waals surface area (Å²) in [4.78, 5) is 11.1. The minimum atomic E-state index is -3.75. The molecule has 0 aliphatic carbocycles. The number of hydrogen-bond donors (Lipinski definition) is 0. The fourth-order valence-electron chi connectivity index (χ4n) is 2.61. The summed E-state index contributed by atoms with van der Waals surface area (Å²) < 4.78 is 40.3. The van der Waals surface area contributed by atoms with Crippen molar-refractivity contribution in [3.05, 3.63) is 58.4 Å². The van der Waals surface area contributed by atoms with Gasteiger partial charge in [-0.15, -0.1) is 0 Å². The molecule has 0 bridgehead atoms. The van der Waals surface area contributed by atoms with Crippen LogP contribution in [0.1, 0.15) is 12.8 Å². The molecule has 2 aromatic rings. The Morgan fingerprint density at radius 2 is 1.76 bits per heavy atom. The zero-order valence-corrected chi connectivity index (χ0v) is 14.7. The van der Waals surface area contributed by atoms with Crippen LogP contribution in [-0.4, -0.2) is 30.7 Å². The molecule has 3 rings (SSSR count). The summed E-state index contributed by atoms with van der Waals surface area (Å²) >= 11 is 0.896. The Hall–Kier alpha value is -1.97. The van der Waals surface area contributed by atoms with E-state index < -0.39 is 20.8 Å². The van der Waals surface area contributed by atoms with Crippen LogP contribution in [0.4, 0.5) is 10.1 Å². The minimum Gasteiger partial charge on any atom is -0.258 e. The molecular formula is C16H15FN2O4S2. The average molecular weight is 382 g/mol. The van der Waals surface area contributed by atoms with Gasteiger partial charge < -0.3 is 0 Å². The van der Waals surface area contributed by atoms with E-state index in [2.05, 4.69) is 0 Å². The van der Waals surface area contributed by atoms with Gasteiger partial charge in [0, 0.05) is 24.1 Å². The first-order valence-corrected chi connectivity index (χ1v) is 9.86. The Kier molecular flexibility index (Phi) is 5.07. The van der Waals surface area contributed by atoms with Crippen LogP contribution in [0, 0.1) is 15.9 Å². The smallest absolute Gasteiger partial charge is 0.258 e. The SMILES string of the molecule is O=[N+]([O-])c1cc(S(=O)(=O)N2CCCC2)ccc1Sc1ccccc1F. The number of halogens is 1. The number of nitrogens with zero attached hydrogens (tertiary/aromatic N) is 2. The zero-order chi connectivity index (χ0) is 18.0. The van der Waals surface area contributed by atoms with Crippen LogP contribution in [0.15, 0.2) is 57.2 Å². The van der Waals surface area contributed by atoms with E-state index in [0.29, 0.717) is 13.1 Å². The molecule has 0 N–H and O–H groups in total. The lowest BCUT2D eigenvalue weighted by Crippen LogP contribution is -2.27. The molecule has 0 atom stereocenters. The third kappa shape index (κ3) is 3.68. The predicted octanol–water partition coefficient (Wildman–Crippen LogP) is 3.67. The molecule has 1 saturated heterocycles. The first kappa shape index (κ1) is 17.8. The van der Waals surface area contributed by atoms with Gasteiger partial charge in [-0.2, -0.15) is 4.31 Å². The lowest BCUT2D eigenvalue weighted by atomic mass is 10.3. The van der Waals surface area contributed by atoms with E-state index in [1.54, 1.807) is 6.07 Å². The van der Waals surface area contributed by atoms with Crippen LogP contribution in [0.2, 0.25) is 0 Å². The highest BCUT2D eigenvalue weighted by molar-refractivity contribution is 7.99. The van der Waals surface area contributed by atoms with Crippen LogP contribution >= 0.6 is 11.8 Å². The number of rotatable bonds is 5. The molecule has 0 amide bonds. The third-order valence-corrected chi connectivity index (χ3v) is 6.90. The van der Waals surface area contributed by atoms with Gasteiger partial charge in [0.05, 0.1) is 14.7 Å². The summed E-state index contributed by atoms with van der Waals surface area (Å²) in [6.07, 6.45) is 1.56. The Morgan fingerprint density at radius 1 is 1.08 bits per heavy atom. The van der Waals surface area contributed by atoms with E-state index in [1.165, 1.54) is 34.6 Å². The normalized spacial score (nSPS) is 15.4. The number of benzene rings is 2. The second kappa shape index (κ2) is 7.11. The van der Waals surface area contributed by atoms with E-state index in [0.717, 1.165) is 30.7 Å². The molecule has 1 aliphatic heterocycles. The molecule has 1 heterocycles. The molecule has 0 spiro atoms. The second-order valence-corrected chi connectivity index (χ2v) is 8.55. The van der Waals surface area contributed by atoms with E-state index in [-0.39, 0.29) is 20.4 Å². The van der Waals surface area contributed by atoms with Gasteiger partial charge in [-0.3, -0.25) is 10.1 Å². The van der Waals surface area contributed by atoms with Crippen molar-refractivity contribution in [2.45, 2.75) is 27.5 Å². The van der Waals surface area contributed by atoms with Crippen LogP contribution in [0.3, 0.4) is 0 Å². The molecule has 2 aromatic carbocycles. The molecule has 0 radical (unpaired) electrons. The first-order valence-electron chi connectivity index (χ1n) is 7.60. The van der Waals surface area contributed by atoms with Crippen LogP contribution < -0.4 is 0 Å². The lowest BCUT2D eigenvalue weighted by Gasteiger charge is -2.15. The summed E-state index contributed by atoms with van der Waals surface area (Å²) in [6, 6.07) is 9.68. The van der Waals surface area contributed by atoms with Crippen molar-refractivity contribution in [3.8, 4) is 0 Å². The molecule has 6 nitrogen and oxygen atoms in total. The highest BCUT2D eigenvalue weighted by atomic mass is 32.2. The molecule has 25 heavy (non-hydrogen) atoms. The highest BCUT2D eigenvalue weighted by Crippen LogP contribution is 2.37. The van der Waals surface area contributed by atoms with E-state index in [4.69, 9.17) is 0 Å². The van der Waals surface area contributed by atoms with Gasteiger partial charge in [0.15, 0.2) is 0 Å². The summed E-state index contributed by atoms with van der Waals surface area (Å²) in [5, 5.41) is 11.4. The number of hydrogen-bond acceptors (Lipinski definition) is 5. The van der Waals surface area contributed by atoms with E-state index in [1.807, 2.05) is 0 Å². The number of sulfonamides is 1. The van der Waals surface area contributed by atoms with Gasteiger partial charge in [-0.1, -0.05) is 23.9 Å². The largest absolute Gasteiger partial charge is 0.284 e. The molecule has 9 heteroatoms. The molecule has 0 unspecified atom stereocenters. The molecule has 0 aromatic heterocycles. The van der Waals surface area contributed by atoms with Crippen molar-refractivity contribution in [1.82, 2.24) is 4.31 Å². The van der Waals surface area contributed by atoms with Crippen molar-refractivity contribution in [3.63, 3.8) is 0 Å². The number of nitro benzene ring substituents is 1. The van der Waals surface area contributed by atoms with Crippen LogP contribution in [-0.2, 0) is 10.0 Å². The topological polar surface area (TPSA) is 80.5 Å². The fraction of sp³-hybridized carbons (Fsp3) is 0.250. The maximum atomic E-state index is 13.8. The maximum absolute atomic E-state index is 13.8. The predicted molar refractivity (Wildman–Crippen MR) is 91.6 cm³/mol. The van der Waals surface area contributed by atoms with Gasteiger partial charge in [-0.25, -0.2) is 12.8 Å². The quantitative estimate of drug-likeness (QED) is 0.582. The van der Waals surface area contributed by atoms with Crippen molar-refractivity contribution in [2.75, 3.05) is 13.1 Å². The Morgan fingerprint density at radius 3 is 2.40 bits per heavy atom. The van der Waals surface area contributed by atoms with Crippen molar-refractivity contribution >= 4 is 27.5 Å². The summed E-state index contributed by atoms with van der Waals surface area (Å²) in [7, 11) is -3.75. The summed E-state index contributed by atoms with van der Waals surface area (Å²) in [5.41, 5.74) is -0.353. The van der Waals surface area contributed by atoms with Crippen LogP contribution in [0.5, 0.6) is 0 Å². The van der Waals surface area contributed by atoms with Crippen LogP contribution in [0.25, 0.3) is 0 Å². The standard InChI is InChI=1S/C16H15FN2O4S2/c17-13-5-1-2-6-15(13)24-16-8-7-12(11-14(16)19(20)21)25(22,23)18-9-3-4-10-18/h1-2,5-8,11H,3-4,9-10H2. The summed E-state index contributed by atoms with van der Waals surface area (Å²) in [5.74, 6) is -0.490. The molecule has 0 saturated carbocycles. The van der Waals surface area contributed by atoms with Crippen molar-refractivity contribution in [2.24, 2.45) is 0 Å². The van der Waals surface area contributed by atoms with Gasteiger partial charge in [-0.05, 0) is 37.1 Å². The van der Waals surface area contributed by atoms with Gasteiger partial charge in [0.1, 0.15) is 5.82 Å². The van der Waals surface area contributed by atoms with Gasteiger partial charge in [0.25, 0.3) is 5.69 Å². The Labute approximate surface area is 148 Å². The highest BCUT2D eigenvalue weighted by Gasteiger charge is 2.29. The van der Waals surface area contributed by atoms with Gasteiger partial charge in [0.2, 0.25) is 10.0 Å². The van der Waals surface area contributed by atoms with E-state index in [9.17, 15) is 22.9 Å². The third-order valence-electron chi connectivity index (χ3n) is 3.89. The minimum absolute atomic E-state index is 0.112. The van der Waals surface area contributed by atoms with Crippen molar-refractivity contribution < 1.29 is 17.7 Å². The zero-order valence-electron chi connectivity index (χ0n) is 13.1. The van der Waals surface area contributed by atoms with Crippen molar-refractivity contribution in [1.29, 1.82) is 0 Å². The second-order valence-electron chi connectivity index (χ2n) is 5.53. The summed E-state index contributed by atoms with van der Waals surface area (Å²) in [6.45, 7) is 0.837. The molecular weight excluding hydrogens is 367 g/mol. The average Bonchev–Trinajstić information content (AvgIpc) is 3.12.